The number of rotatable bonds is 5. The van der Waals surface area contributed by atoms with E-state index in [9.17, 15) is 14.3 Å². The van der Waals surface area contributed by atoms with E-state index in [0.29, 0.717) is 31.9 Å². The minimum atomic E-state index is -0.876. The van der Waals surface area contributed by atoms with Gasteiger partial charge in [-0.2, -0.15) is 0 Å². The van der Waals surface area contributed by atoms with E-state index in [1.54, 1.807) is 25.4 Å². The third kappa shape index (κ3) is 3.29. The number of aromatic nitrogens is 1. The summed E-state index contributed by atoms with van der Waals surface area (Å²) in [7, 11) is 1.60. The third-order valence-corrected chi connectivity index (χ3v) is 5.33. The predicted octanol–water partition coefficient (Wildman–Crippen LogP) is 3.26. The summed E-state index contributed by atoms with van der Waals surface area (Å²) in [5, 5.41) is 10.8. The second-order valence-electron chi connectivity index (χ2n) is 6.87. The molecule has 1 fully saturated rings. The Morgan fingerprint density at radius 2 is 1.86 bits per heavy atom. The summed E-state index contributed by atoms with van der Waals surface area (Å²) in [5.74, 6) is -0.448. The molecule has 0 unspecified atom stereocenters. The minimum absolute atomic E-state index is 0.261. The van der Waals surface area contributed by atoms with Gasteiger partial charge >= 0.3 is 5.97 Å². The Morgan fingerprint density at radius 3 is 2.50 bits per heavy atom. The zero-order valence-corrected chi connectivity index (χ0v) is 15.6. The molecule has 0 bridgehead atoms. The molecule has 0 radical (unpaired) electrons. The molecule has 0 spiro atoms. The zero-order chi connectivity index (χ0) is 19.7. The quantitative estimate of drug-likeness (QED) is 0.708. The van der Waals surface area contributed by atoms with E-state index in [1.807, 2.05) is 23.1 Å². The largest absolute Gasteiger partial charge is 0.495 e. The summed E-state index contributed by atoms with van der Waals surface area (Å²) in [6.45, 7) is 2.57. The number of ether oxygens (including phenoxy) is 1. The fourth-order valence-corrected chi connectivity index (χ4v) is 3.92. The van der Waals surface area contributed by atoms with Gasteiger partial charge in [-0.25, -0.2) is 4.39 Å². The van der Waals surface area contributed by atoms with Gasteiger partial charge in [-0.15, -0.1) is 0 Å². The van der Waals surface area contributed by atoms with E-state index in [1.165, 1.54) is 12.1 Å². The number of fused-ring (bicyclic) bond motifs is 1. The number of halogens is 1. The summed E-state index contributed by atoms with van der Waals surface area (Å²) < 4.78 is 18.5. The lowest BCUT2D eigenvalue weighted by molar-refractivity contribution is -0.143. The Bertz CT molecular complexity index is 978. The lowest BCUT2D eigenvalue weighted by Crippen LogP contribution is -2.49. The fraction of sp³-hybridized carbons (Fsp3) is 0.286. The number of carboxylic acids is 1. The smallest absolute Gasteiger partial charge is 0.325 e. The van der Waals surface area contributed by atoms with Crippen LogP contribution in [0, 0.1) is 5.82 Å². The first kappa shape index (κ1) is 18.3. The number of nitrogens with zero attached hydrogens (tertiary/aromatic N) is 2. The molecule has 4 rings (SSSR count). The number of carbonyl (C=O) groups is 1. The lowest BCUT2D eigenvalue weighted by Gasteiger charge is -2.38. The van der Waals surface area contributed by atoms with Gasteiger partial charge in [-0.1, -0.05) is 12.1 Å². The van der Waals surface area contributed by atoms with Gasteiger partial charge in [-0.3, -0.25) is 9.69 Å². The predicted molar refractivity (Wildman–Crippen MR) is 105 cm³/mol. The van der Waals surface area contributed by atoms with Crippen molar-refractivity contribution in [3.63, 3.8) is 0 Å². The van der Waals surface area contributed by atoms with Crippen LogP contribution in [0.3, 0.4) is 0 Å². The molecule has 28 heavy (non-hydrogen) atoms. The Balaban J connectivity index is 1.57. The minimum Gasteiger partial charge on any atom is -0.495 e. The van der Waals surface area contributed by atoms with Crippen LogP contribution < -0.4 is 9.64 Å². The second-order valence-corrected chi connectivity index (χ2v) is 6.87. The molecule has 2 N–H and O–H groups in total. The first-order valence-electron chi connectivity index (χ1n) is 9.20. The highest BCUT2D eigenvalue weighted by atomic mass is 19.1. The highest BCUT2D eigenvalue weighted by molar-refractivity contribution is 5.92. The Kier molecular flexibility index (Phi) is 4.92. The molecule has 0 saturated carbocycles. The molecule has 7 heteroatoms. The molecule has 1 atom stereocenters. The van der Waals surface area contributed by atoms with Crippen molar-refractivity contribution in [2.75, 3.05) is 38.2 Å². The molecule has 0 aliphatic carbocycles. The van der Waals surface area contributed by atoms with E-state index < -0.39 is 12.0 Å². The van der Waals surface area contributed by atoms with E-state index in [2.05, 4.69) is 9.88 Å². The molecule has 2 heterocycles. The maximum absolute atomic E-state index is 13.1. The van der Waals surface area contributed by atoms with Crippen LogP contribution >= 0.6 is 0 Å². The Labute approximate surface area is 162 Å². The van der Waals surface area contributed by atoms with Crippen molar-refractivity contribution in [2.24, 2.45) is 0 Å². The summed E-state index contributed by atoms with van der Waals surface area (Å²) in [5.41, 5.74) is 2.48. The fourth-order valence-electron chi connectivity index (χ4n) is 3.92. The second kappa shape index (κ2) is 7.52. The van der Waals surface area contributed by atoms with Gasteiger partial charge in [0.15, 0.2) is 0 Å². The van der Waals surface area contributed by atoms with Gasteiger partial charge in [0.25, 0.3) is 0 Å². The number of nitrogens with one attached hydrogen (secondary N) is 1. The van der Waals surface area contributed by atoms with Crippen LogP contribution in [-0.2, 0) is 4.79 Å². The normalized spacial score (nSPS) is 16.3. The highest BCUT2D eigenvalue weighted by Crippen LogP contribution is 2.33. The Hall–Kier alpha value is -3.06. The van der Waals surface area contributed by atoms with Crippen molar-refractivity contribution in [3.05, 3.63) is 60.0 Å². The molecule has 0 amide bonds. The molecule has 3 aromatic rings. The summed E-state index contributed by atoms with van der Waals surface area (Å²) in [4.78, 5) is 19.4. The molecule has 6 nitrogen and oxygen atoms in total. The number of para-hydroxylation sites is 1. The third-order valence-electron chi connectivity index (χ3n) is 5.33. The molecular weight excluding hydrogens is 361 g/mol. The first-order valence-corrected chi connectivity index (χ1v) is 9.20. The van der Waals surface area contributed by atoms with E-state index in [4.69, 9.17) is 4.74 Å². The van der Waals surface area contributed by atoms with Gasteiger partial charge in [0.05, 0.1) is 12.6 Å². The Morgan fingerprint density at radius 1 is 1.14 bits per heavy atom. The van der Waals surface area contributed by atoms with Crippen LogP contribution in [-0.4, -0.2) is 54.2 Å². The van der Waals surface area contributed by atoms with Crippen LogP contribution in [0.4, 0.5) is 10.1 Å². The average Bonchev–Trinajstić information content (AvgIpc) is 3.13. The van der Waals surface area contributed by atoms with Crippen molar-refractivity contribution in [1.82, 2.24) is 9.88 Å². The zero-order valence-electron chi connectivity index (χ0n) is 15.6. The van der Waals surface area contributed by atoms with Crippen LogP contribution in [0.1, 0.15) is 11.6 Å². The van der Waals surface area contributed by atoms with Crippen LogP contribution in [0.2, 0.25) is 0 Å². The van der Waals surface area contributed by atoms with Gasteiger partial charge in [0, 0.05) is 49.0 Å². The molecule has 2 aromatic carbocycles. The van der Waals surface area contributed by atoms with Crippen molar-refractivity contribution in [3.8, 4) is 5.75 Å². The number of carboxylic acid groups (broad SMARTS) is 1. The topological polar surface area (TPSA) is 68.8 Å². The lowest BCUT2D eigenvalue weighted by atomic mass is 10.0. The van der Waals surface area contributed by atoms with E-state index in [-0.39, 0.29) is 5.82 Å². The number of anilines is 1. The molecular formula is C21H22FN3O3. The monoisotopic (exact) mass is 383 g/mol. The number of aromatic amines is 1. The number of hydrogen-bond donors (Lipinski definition) is 2. The molecule has 1 aliphatic heterocycles. The summed E-state index contributed by atoms with van der Waals surface area (Å²) in [6, 6.07) is 11.3. The first-order chi connectivity index (χ1) is 13.6. The summed E-state index contributed by atoms with van der Waals surface area (Å²) in [6.07, 6.45) is 1.76. The van der Waals surface area contributed by atoms with Crippen LogP contribution in [0.5, 0.6) is 5.75 Å². The van der Waals surface area contributed by atoms with E-state index in [0.717, 1.165) is 22.2 Å². The number of H-pyrrole nitrogens is 1. The van der Waals surface area contributed by atoms with Gasteiger partial charge in [0.1, 0.15) is 17.6 Å². The van der Waals surface area contributed by atoms with Crippen LogP contribution in [0.15, 0.2) is 48.7 Å². The van der Waals surface area contributed by atoms with Gasteiger partial charge in [0.2, 0.25) is 0 Å². The van der Waals surface area contributed by atoms with Gasteiger partial charge in [-0.05, 0) is 30.3 Å². The number of methoxy groups -OCH3 is 1. The number of benzene rings is 2. The maximum Gasteiger partial charge on any atom is 0.325 e. The molecule has 146 valence electrons. The molecule has 1 saturated heterocycles. The van der Waals surface area contributed by atoms with Gasteiger partial charge < -0.3 is 19.7 Å². The molecule has 1 aromatic heterocycles. The summed E-state index contributed by atoms with van der Waals surface area (Å²) >= 11 is 0. The van der Waals surface area contributed by atoms with Crippen molar-refractivity contribution in [1.29, 1.82) is 0 Å². The SMILES string of the molecule is COc1cccc2c([C@@H](C(=O)O)N3CCN(c4ccc(F)cc4)CC3)c[nH]c12. The number of hydrogen-bond acceptors (Lipinski definition) is 4. The van der Waals surface area contributed by atoms with Crippen molar-refractivity contribution in [2.45, 2.75) is 6.04 Å². The highest BCUT2D eigenvalue weighted by Gasteiger charge is 2.32. The van der Waals surface area contributed by atoms with Crippen molar-refractivity contribution >= 4 is 22.6 Å². The number of piperazine rings is 1. The molecule has 1 aliphatic rings. The van der Waals surface area contributed by atoms with Crippen LogP contribution in [0.25, 0.3) is 10.9 Å². The standard InChI is InChI=1S/C21H22FN3O3/c1-28-18-4-2-3-16-17(13-23-19(16)18)20(21(26)27)25-11-9-24(10-12-25)15-7-5-14(22)6-8-15/h2-8,13,20,23H,9-12H2,1H3,(H,26,27)/t20-/m0/s1. The van der Waals surface area contributed by atoms with Crippen molar-refractivity contribution < 1.29 is 19.0 Å². The maximum atomic E-state index is 13.1. The number of aliphatic carboxylic acids is 1. The average molecular weight is 383 g/mol. The van der Waals surface area contributed by atoms with E-state index >= 15 is 0 Å².